The Balaban J connectivity index is 1.70. The smallest absolute Gasteiger partial charge is 0.130 e. The number of hydrogen-bond acceptors (Lipinski definition) is 7. The highest BCUT2D eigenvalue weighted by Gasteiger charge is 2.11. The highest BCUT2D eigenvalue weighted by atomic mass is 32.1. The van der Waals surface area contributed by atoms with E-state index in [0.29, 0.717) is 0 Å². The van der Waals surface area contributed by atoms with Crippen molar-refractivity contribution >= 4 is 45.8 Å². The van der Waals surface area contributed by atoms with Gasteiger partial charge in [0.15, 0.2) is 0 Å². The Hall–Kier alpha value is -3.06. The summed E-state index contributed by atoms with van der Waals surface area (Å²) in [7, 11) is 0. The van der Waals surface area contributed by atoms with E-state index in [-0.39, 0.29) is 0 Å². The van der Waals surface area contributed by atoms with Crippen LogP contribution >= 0.6 is 11.7 Å². The summed E-state index contributed by atoms with van der Waals surface area (Å²) in [6.07, 6.45) is 3.49. The first-order valence-electron chi connectivity index (χ1n) is 7.01. The SMILES string of the molecule is c1ccc(Nc2ccc(Nc3ccccn3)c3nsnc23)nc1. The summed E-state index contributed by atoms with van der Waals surface area (Å²) >= 11 is 1.18. The fraction of sp³-hybridized carbons (Fsp3) is 0. The maximum Gasteiger partial charge on any atom is 0.130 e. The molecule has 0 spiro atoms. The number of nitrogens with one attached hydrogen (secondary N) is 2. The van der Waals surface area contributed by atoms with E-state index < -0.39 is 0 Å². The summed E-state index contributed by atoms with van der Waals surface area (Å²) < 4.78 is 8.79. The van der Waals surface area contributed by atoms with E-state index in [9.17, 15) is 0 Å². The summed E-state index contributed by atoms with van der Waals surface area (Å²) in [5.41, 5.74) is 3.36. The van der Waals surface area contributed by atoms with Gasteiger partial charge in [-0.05, 0) is 36.4 Å². The molecule has 0 fully saturated rings. The molecule has 3 aromatic heterocycles. The summed E-state index contributed by atoms with van der Waals surface area (Å²) in [4.78, 5) is 8.55. The van der Waals surface area contributed by atoms with Gasteiger partial charge in [-0.25, -0.2) is 9.97 Å². The van der Waals surface area contributed by atoms with Gasteiger partial charge in [0.1, 0.15) is 22.7 Å². The first-order valence-corrected chi connectivity index (χ1v) is 7.74. The van der Waals surface area contributed by atoms with Crippen molar-refractivity contribution in [3.8, 4) is 0 Å². The molecule has 1 aromatic carbocycles. The number of hydrogen-bond donors (Lipinski definition) is 2. The molecule has 0 saturated heterocycles. The maximum atomic E-state index is 4.40. The molecule has 0 aliphatic carbocycles. The monoisotopic (exact) mass is 320 g/mol. The third-order valence-electron chi connectivity index (χ3n) is 3.27. The fourth-order valence-electron chi connectivity index (χ4n) is 2.22. The summed E-state index contributed by atoms with van der Waals surface area (Å²) in [6.45, 7) is 0. The quantitative estimate of drug-likeness (QED) is 0.592. The van der Waals surface area contributed by atoms with Crippen LogP contribution in [0.1, 0.15) is 0 Å². The van der Waals surface area contributed by atoms with Crippen molar-refractivity contribution < 1.29 is 0 Å². The Morgan fingerprint density at radius 3 is 1.61 bits per heavy atom. The average molecular weight is 320 g/mol. The first kappa shape index (κ1) is 13.6. The van der Waals surface area contributed by atoms with Crippen molar-refractivity contribution in [1.29, 1.82) is 0 Å². The predicted molar refractivity (Wildman–Crippen MR) is 92.5 cm³/mol. The second-order valence-corrected chi connectivity index (χ2v) is 5.33. The molecule has 7 heteroatoms. The van der Waals surface area contributed by atoms with Crippen LogP contribution in [-0.4, -0.2) is 18.7 Å². The Kier molecular flexibility index (Phi) is 3.53. The zero-order valence-electron chi connectivity index (χ0n) is 12.0. The number of nitrogens with zero attached hydrogens (tertiary/aromatic N) is 4. The van der Waals surface area contributed by atoms with Crippen LogP contribution in [0.25, 0.3) is 11.0 Å². The van der Waals surface area contributed by atoms with Crippen LogP contribution in [0.3, 0.4) is 0 Å². The van der Waals surface area contributed by atoms with E-state index in [1.807, 2.05) is 48.5 Å². The second kappa shape index (κ2) is 5.98. The number of fused-ring (bicyclic) bond motifs is 1. The lowest BCUT2D eigenvalue weighted by molar-refractivity contribution is 1.30. The first-order chi connectivity index (χ1) is 11.4. The van der Waals surface area contributed by atoms with Crippen LogP contribution in [0.5, 0.6) is 0 Å². The molecule has 0 saturated carbocycles. The zero-order chi connectivity index (χ0) is 15.5. The van der Waals surface area contributed by atoms with Gasteiger partial charge < -0.3 is 10.6 Å². The molecule has 23 heavy (non-hydrogen) atoms. The number of anilines is 4. The number of benzene rings is 1. The van der Waals surface area contributed by atoms with Crippen molar-refractivity contribution in [1.82, 2.24) is 18.7 Å². The summed E-state index contributed by atoms with van der Waals surface area (Å²) in [5.74, 6) is 1.54. The molecule has 0 atom stereocenters. The number of rotatable bonds is 4. The van der Waals surface area contributed by atoms with Gasteiger partial charge in [-0.3, -0.25) is 0 Å². The fourth-order valence-corrected chi connectivity index (χ4v) is 2.79. The molecule has 0 radical (unpaired) electrons. The molecular formula is C16H12N6S. The lowest BCUT2D eigenvalue weighted by Gasteiger charge is -2.09. The zero-order valence-corrected chi connectivity index (χ0v) is 12.8. The van der Waals surface area contributed by atoms with Crippen LogP contribution < -0.4 is 10.6 Å². The Labute approximate surface area is 136 Å². The van der Waals surface area contributed by atoms with Gasteiger partial charge in [0.05, 0.1) is 23.1 Å². The molecule has 4 rings (SSSR count). The van der Waals surface area contributed by atoms with Crippen molar-refractivity contribution in [2.45, 2.75) is 0 Å². The molecule has 112 valence electrons. The molecule has 0 amide bonds. The minimum atomic E-state index is 0.771. The number of aromatic nitrogens is 4. The van der Waals surface area contributed by atoms with E-state index in [4.69, 9.17) is 0 Å². The van der Waals surface area contributed by atoms with E-state index in [1.165, 1.54) is 11.7 Å². The molecule has 6 nitrogen and oxygen atoms in total. The van der Waals surface area contributed by atoms with Crippen LogP contribution in [0.2, 0.25) is 0 Å². The predicted octanol–water partition coefficient (Wildman–Crippen LogP) is 3.97. The van der Waals surface area contributed by atoms with E-state index in [1.54, 1.807) is 12.4 Å². The molecule has 0 unspecified atom stereocenters. The van der Waals surface area contributed by atoms with E-state index in [0.717, 1.165) is 34.0 Å². The molecular weight excluding hydrogens is 308 g/mol. The van der Waals surface area contributed by atoms with Crippen LogP contribution in [-0.2, 0) is 0 Å². The second-order valence-electron chi connectivity index (χ2n) is 4.80. The van der Waals surface area contributed by atoms with Gasteiger partial charge in [0.2, 0.25) is 0 Å². The molecule has 0 aliphatic rings. The van der Waals surface area contributed by atoms with Crippen molar-refractivity contribution in [3.63, 3.8) is 0 Å². The van der Waals surface area contributed by atoms with E-state index in [2.05, 4.69) is 29.3 Å². The minimum Gasteiger partial charge on any atom is -0.338 e. The Morgan fingerprint density at radius 2 is 1.17 bits per heavy atom. The summed E-state index contributed by atoms with van der Waals surface area (Å²) in [5, 5.41) is 6.55. The van der Waals surface area contributed by atoms with Gasteiger partial charge in [-0.15, -0.1) is 0 Å². The number of pyridine rings is 2. The van der Waals surface area contributed by atoms with Gasteiger partial charge >= 0.3 is 0 Å². The van der Waals surface area contributed by atoms with Crippen molar-refractivity contribution in [3.05, 3.63) is 60.9 Å². The topological polar surface area (TPSA) is 75.6 Å². The molecule has 2 N–H and O–H groups in total. The van der Waals surface area contributed by atoms with Gasteiger partial charge in [0, 0.05) is 12.4 Å². The summed E-state index contributed by atoms with van der Waals surface area (Å²) in [6, 6.07) is 15.4. The van der Waals surface area contributed by atoms with Crippen molar-refractivity contribution in [2.24, 2.45) is 0 Å². The van der Waals surface area contributed by atoms with Crippen LogP contribution in [0.4, 0.5) is 23.0 Å². The average Bonchev–Trinajstić information content (AvgIpc) is 3.09. The largest absolute Gasteiger partial charge is 0.338 e. The molecule has 3 heterocycles. The minimum absolute atomic E-state index is 0.771. The molecule has 0 bridgehead atoms. The maximum absolute atomic E-state index is 4.40. The lowest BCUT2D eigenvalue weighted by Crippen LogP contribution is -1.97. The van der Waals surface area contributed by atoms with Gasteiger partial charge in [0.25, 0.3) is 0 Å². The molecule has 4 aromatic rings. The van der Waals surface area contributed by atoms with Gasteiger partial charge in [-0.2, -0.15) is 8.75 Å². The highest BCUT2D eigenvalue weighted by Crippen LogP contribution is 2.31. The van der Waals surface area contributed by atoms with Crippen LogP contribution in [0, 0.1) is 0 Å². The molecule has 0 aliphatic heterocycles. The van der Waals surface area contributed by atoms with Crippen LogP contribution in [0.15, 0.2) is 60.9 Å². The Morgan fingerprint density at radius 1 is 0.652 bits per heavy atom. The third kappa shape index (κ3) is 2.82. The lowest BCUT2D eigenvalue weighted by atomic mass is 10.2. The normalized spacial score (nSPS) is 10.6. The van der Waals surface area contributed by atoms with E-state index >= 15 is 0 Å². The third-order valence-corrected chi connectivity index (χ3v) is 3.80. The standard InChI is InChI=1S/C16H12N6S/c1-3-9-17-13(5-1)19-11-7-8-12(16-15(11)21-23-22-16)20-14-6-2-4-10-18-14/h1-10H,(H,17,19)(H,18,20). The van der Waals surface area contributed by atoms with Gasteiger partial charge in [-0.1, -0.05) is 12.1 Å². The van der Waals surface area contributed by atoms with Crippen molar-refractivity contribution in [2.75, 3.05) is 10.6 Å². The highest BCUT2D eigenvalue weighted by molar-refractivity contribution is 7.00. The Bertz CT molecular complexity index is 848.